The smallest absolute Gasteiger partial charge is 0.0410 e. The first-order valence-corrected chi connectivity index (χ1v) is 6.98. The van der Waals surface area contributed by atoms with Gasteiger partial charge in [-0.3, -0.25) is 0 Å². The molecule has 3 unspecified atom stereocenters. The molecule has 1 heteroatoms. The molecule has 2 saturated carbocycles. The van der Waals surface area contributed by atoms with E-state index in [-0.39, 0.29) is 0 Å². The molecule has 0 nitrogen and oxygen atoms in total. The van der Waals surface area contributed by atoms with Gasteiger partial charge in [-0.25, -0.2) is 0 Å². The van der Waals surface area contributed by atoms with Crippen molar-refractivity contribution in [2.45, 2.75) is 37.5 Å². The molecule has 0 N–H and O–H groups in total. The molecular formula is C15H19Cl. The van der Waals surface area contributed by atoms with Gasteiger partial charge >= 0.3 is 0 Å². The highest BCUT2D eigenvalue weighted by Crippen LogP contribution is 2.58. The first kappa shape index (κ1) is 10.7. The van der Waals surface area contributed by atoms with Gasteiger partial charge in [0.2, 0.25) is 0 Å². The zero-order valence-electron chi connectivity index (χ0n) is 9.61. The molecule has 0 amide bonds. The minimum absolute atomic E-state index is 0.371. The van der Waals surface area contributed by atoms with Crippen LogP contribution in [0.1, 0.15) is 31.2 Å². The number of rotatable bonds is 3. The lowest BCUT2D eigenvalue weighted by Gasteiger charge is -2.08. The molecule has 16 heavy (non-hydrogen) atoms. The summed E-state index contributed by atoms with van der Waals surface area (Å²) in [4.78, 5) is 0. The fraction of sp³-hybridized carbons (Fsp3) is 0.600. The first-order valence-electron chi connectivity index (χ1n) is 6.54. The average Bonchev–Trinajstić information content (AvgIpc) is 3.04. The number of halogens is 1. The van der Waals surface area contributed by atoms with E-state index in [1.54, 1.807) is 0 Å². The van der Waals surface area contributed by atoms with Crippen LogP contribution in [-0.4, -0.2) is 5.38 Å². The number of benzene rings is 1. The highest BCUT2D eigenvalue weighted by atomic mass is 35.5. The third-order valence-electron chi connectivity index (χ3n) is 4.41. The van der Waals surface area contributed by atoms with Crippen molar-refractivity contribution in [1.82, 2.24) is 0 Å². The standard InChI is InChI=1S/C15H19Cl/c16-14(10-11-6-2-1-3-7-11)15-12-8-4-5-9-13(12)15/h1-3,6-7,12-15H,4-5,8-10H2. The van der Waals surface area contributed by atoms with Gasteiger partial charge in [-0.05, 0) is 42.6 Å². The maximum atomic E-state index is 6.59. The monoisotopic (exact) mass is 234 g/mol. The summed E-state index contributed by atoms with van der Waals surface area (Å²) < 4.78 is 0. The van der Waals surface area contributed by atoms with Gasteiger partial charge in [-0.2, -0.15) is 0 Å². The zero-order valence-corrected chi connectivity index (χ0v) is 10.4. The van der Waals surface area contributed by atoms with Crippen molar-refractivity contribution in [3.8, 4) is 0 Å². The lowest BCUT2D eigenvalue weighted by atomic mass is 10.0. The lowest BCUT2D eigenvalue weighted by molar-refractivity contribution is 0.480. The van der Waals surface area contributed by atoms with Crippen LogP contribution in [0, 0.1) is 17.8 Å². The van der Waals surface area contributed by atoms with E-state index in [4.69, 9.17) is 11.6 Å². The summed E-state index contributed by atoms with van der Waals surface area (Å²) in [6.07, 6.45) is 6.81. The van der Waals surface area contributed by atoms with Gasteiger partial charge in [0.05, 0.1) is 0 Å². The Kier molecular flexibility index (Phi) is 2.93. The molecule has 0 aliphatic heterocycles. The SMILES string of the molecule is ClC(Cc1ccccc1)C1C2CCCCC21. The predicted octanol–water partition coefficient (Wildman–Crippen LogP) is 4.27. The molecule has 2 aliphatic carbocycles. The van der Waals surface area contributed by atoms with Crippen molar-refractivity contribution in [2.75, 3.05) is 0 Å². The largest absolute Gasteiger partial charge is 0.122 e. The highest BCUT2D eigenvalue weighted by molar-refractivity contribution is 6.21. The quantitative estimate of drug-likeness (QED) is 0.685. The van der Waals surface area contributed by atoms with Gasteiger partial charge in [-0.15, -0.1) is 11.6 Å². The van der Waals surface area contributed by atoms with Gasteiger partial charge in [0.15, 0.2) is 0 Å². The van der Waals surface area contributed by atoms with Crippen molar-refractivity contribution >= 4 is 11.6 Å². The molecule has 0 saturated heterocycles. The molecule has 3 atom stereocenters. The van der Waals surface area contributed by atoms with Crippen molar-refractivity contribution in [3.05, 3.63) is 35.9 Å². The summed E-state index contributed by atoms with van der Waals surface area (Å²) in [7, 11) is 0. The second-order valence-corrected chi connectivity index (χ2v) is 5.96. The van der Waals surface area contributed by atoms with E-state index in [9.17, 15) is 0 Å². The fourth-order valence-corrected chi connectivity index (χ4v) is 4.11. The summed E-state index contributed by atoms with van der Waals surface area (Å²) in [6.45, 7) is 0. The third kappa shape index (κ3) is 2.00. The van der Waals surface area contributed by atoms with Gasteiger partial charge in [-0.1, -0.05) is 43.2 Å². The Morgan fingerprint density at radius 2 is 1.69 bits per heavy atom. The van der Waals surface area contributed by atoms with Crippen LogP contribution < -0.4 is 0 Å². The summed E-state index contributed by atoms with van der Waals surface area (Å²) in [5, 5.41) is 0.371. The second-order valence-electron chi connectivity index (χ2n) is 5.40. The van der Waals surface area contributed by atoms with Crippen LogP contribution in [-0.2, 0) is 6.42 Å². The van der Waals surface area contributed by atoms with E-state index in [0.29, 0.717) is 5.38 Å². The van der Waals surface area contributed by atoms with Crippen LogP contribution in [0.3, 0.4) is 0 Å². The summed E-state index contributed by atoms with van der Waals surface area (Å²) in [5.41, 5.74) is 1.39. The van der Waals surface area contributed by atoms with E-state index in [0.717, 1.165) is 24.2 Å². The molecule has 0 bridgehead atoms. The Bertz CT molecular complexity index is 334. The minimum Gasteiger partial charge on any atom is -0.122 e. The van der Waals surface area contributed by atoms with E-state index in [1.807, 2.05) is 0 Å². The third-order valence-corrected chi connectivity index (χ3v) is 4.86. The predicted molar refractivity (Wildman–Crippen MR) is 68.7 cm³/mol. The number of alkyl halides is 1. The topological polar surface area (TPSA) is 0 Å². The van der Waals surface area contributed by atoms with E-state index in [2.05, 4.69) is 30.3 Å². The molecule has 1 aromatic carbocycles. The average molecular weight is 235 g/mol. The van der Waals surface area contributed by atoms with Crippen LogP contribution in [0.2, 0.25) is 0 Å². The molecule has 1 aromatic rings. The van der Waals surface area contributed by atoms with Gasteiger partial charge in [0.1, 0.15) is 0 Å². The molecule has 3 rings (SSSR count). The Labute approximate surface area is 103 Å². The minimum atomic E-state index is 0.371. The Morgan fingerprint density at radius 1 is 1.06 bits per heavy atom. The summed E-state index contributed by atoms with van der Waals surface area (Å²) in [6, 6.07) is 10.7. The maximum Gasteiger partial charge on any atom is 0.0410 e. The van der Waals surface area contributed by atoms with Crippen molar-refractivity contribution < 1.29 is 0 Å². The van der Waals surface area contributed by atoms with Gasteiger partial charge in [0, 0.05) is 5.38 Å². The number of hydrogen-bond acceptors (Lipinski definition) is 0. The Morgan fingerprint density at radius 3 is 2.31 bits per heavy atom. The summed E-state index contributed by atoms with van der Waals surface area (Å²) in [5.74, 6) is 2.77. The zero-order chi connectivity index (χ0) is 11.0. The van der Waals surface area contributed by atoms with Crippen molar-refractivity contribution in [3.63, 3.8) is 0 Å². The van der Waals surface area contributed by atoms with Crippen LogP contribution in [0.5, 0.6) is 0 Å². The second kappa shape index (κ2) is 4.41. The Hall–Kier alpha value is -0.490. The highest BCUT2D eigenvalue weighted by Gasteiger charge is 2.53. The number of hydrogen-bond donors (Lipinski definition) is 0. The van der Waals surface area contributed by atoms with E-state index >= 15 is 0 Å². The van der Waals surface area contributed by atoms with E-state index in [1.165, 1.54) is 31.2 Å². The van der Waals surface area contributed by atoms with Crippen molar-refractivity contribution in [2.24, 2.45) is 17.8 Å². The molecule has 0 radical (unpaired) electrons. The van der Waals surface area contributed by atoms with Crippen LogP contribution >= 0.6 is 11.6 Å². The van der Waals surface area contributed by atoms with Gasteiger partial charge in [0.25, 0.3) is 0 Å². The Balaban J connectivity index is 1.60. The summed E-state index contributed by atoms with van der Waals surface area (Å²) >= 11 is 6.59. The van der Waals surface area contributed by atoms with Gasteiger partial charge < -0.3 is 0 Å². The maximum absolute atomic E-state index is 6.59. The normalized spacial score (nSPS) is 34.2. The molecule has 0 heterocycles. The lowest BCUT2D eigenvalue weighted by Crippen LogP contribution is -2.08. The van der Waals surface area contributed by atoms with Crippen LogP contribution in [0.4, 0.5) is 0 Å². The molecule has 2 aliphatic rings. The molecule has 0 spiro atoms. The molecule has 0 aromatic heterocycles. The van der Waals surface area contributed by atoms with Crippen molar-refractivity contribution in [1.29, 1.82) is 0 Å². The number of fused-ring (bicyclic) bond motifs is 1. The molecule has 86 valence electrons. The van der Waals surface area contributed by atoms with Crippen LogP contribution in [0.25, 0.3) is 0 Å². The molecule has 2 fully saturated rings. The first-order chi connectivity index (χ1) is 7.86. The molecular weight excluding hydrogens is 216 g/mol. The fourth-order valence-electron chi connectivity index (χ4n) is 3.56. The van der Waals surface area contributed by atoms with Crippen LogP contribution in [0.15, 0.2) is 30.3 Å². The van der Waals surface area contributed by atoms with E-state index < -0.39 is 0 Å².